The summed E-state index contributed by atoms with van der Waals surface area (Å²) in [5.74, 6) is 0. The second-order valence-corrected chi connectivity index (χ2v) is 6.85. The summed E-state index contributed by atoms with van der Waals surface area (Å²) in [7, 11) is 0. The number of hydrogen-bond acceptors (Lipinski definition) is 3. The Labute approximate surface area is 134 Å². The number of carbonyl (C=O) groups excluding carboxylic acids is 1. The molecule has 0 saturated heterocycles. The van der Waals surface area contributed by atoms with Crippen molar-refractivity contribution in [2.45, 2.75) is 51.7 Å². The first-order chi connectivity index (χ1) is 9.90. The zero-order valence-corrected chi connectivity index (χ0v) is 13.8. The van der Waals surface area contributed by atoms with Gasteiger partial charge in [0, 0.05) is 10.7 Å². The third-order valence-electron chi connectivity index (χ3n) is 2.77. The van der Waals surface area contributed by atoms with Gasteiger partial charge in [0.1, 0.15) is 5.60 Å². The number of halogens is 3. The van der Waals surface area contributed by atoms with E-state index in [0.29, 0.717) is 16.3 Å². The van der Waals surface area contributed by atoms with Crippen molar-refractivity contribution in [1.82, 2.24) is 0 Å². The lowest BCUT2D eigenvalue weighted by Gasteiger charge is -2.25. The number of anilines is 1. The Bertz CT molecular complexity index is 543. The largest absolute Gasteiger partial charge is 0.444 e. The first-order valence-corrected chi connectivity index (χ1v) is 7.14. The minimum atomic E-state index is -2.71. The topological polar surface area (TPSA) is 64.3 Å². The smallest absolute Gasteiger partial charge is 0.412 e. The molecule has 3 N–H and O–H groups in total. The van der Waals surface area contributed by atoms with E-state index < -0.39 is 23.7 Å². The number of ether oxygens (including phenoxy) is 1. The van der Waals surface area contributed by atoms with E-state index in [1.807, 2.05) is 0 Å². The van der Waals surface area contributed by atoms with Crippen LogP contribution in [0.3, 0.4) is 0 Å². The number of nitrogens with two attached hydrogens (primary N) is 1. The van der Waals surface area contributed by atoms with Gasteiger partial charge in [0.2, 0.25) is 0 Å². The van der Waals surface area contributed by atoms with Crippen LogP contribution in [0.25, 0.3) is 0 Å². The molecule has 0 heterocycles. The molecule has 4 nitrogen and oxygen atoms in total. The van der Waals surface area contributed by atoms with Crippen LogP contribution < -0.4 is 11.1 Å². The van der Waals surface area contributed by atoms with Gasteiger partial charge in [0.25, 0.3) is 6.43 Å². The van der Waals surface area contributed by atoms with E-state index in [2.05, 4.69) is 5.32 Å². The second kappa shape index (κ2) is 6.79. The van der Waals surface area contributed by atoms with Crippen LogP contribution in [-0.4, -0.2) is 23.7 Å². The van der Waals surface area contributed by atoms with Crippen LogP contribution in [0, 0.1) is 0 Å². The van der Waals surface area contributed by atoms with Crippen LogP contribution in [-0.2, 0) is 11.2 Å². The minimum absolute atomic E-state index is 0.143. The molecule has 0 aliphatic heterocycles. The van der Waals surface area contributed by atoms with Crippen molar-refractivity contribution in [3.8, 4) is 0 Å². The molecule has 1 aromatic carbocycles. The van der Waals surface area contributed by atoms with Crippen LogP contribution >= 0.6 is 11.6 Å². The molecule has 0 aromatic heterocycles. The Kier molecular flexibility index (Phi) is 5.76. The van der Waals surface area contributed by atoms with Crippen LogP contribution in [0.2, 0.25) is 5.02 Å². The summed E-state index contributed by atoms with van der Waals surface area (Å²) in [5.41, 5.74) is 3.98. The molecule has 0 radical (unpaired) electrons. The molecule has 0 spiro atoms. The molecule has 0 bridgehead atoms. The van der Waals surface area contributed by atoms with E-state index in [4.69, 9.17) is 22.1 Å². The number of hydrogen-bond donors (Lipinski definition) is 2. The zero-order chi connectivity index (χ0) is 17.1. The van der Waals surface area contributed by atoms with Gasteiger partial charge in [-0.3, -0.25) is 5.32 Å². The molecule has 124 valence electrons. The maximum atomic E-state index is 12.9. The summed E-state index contributed by atoms with van der Waals surface area (Å²) in [6.07, 6.45) is -3.52. The number of carbonyl (C=O) groups is 1. The molecule has 0 aliphatic carbocycles. The Morgan fingerprint density at radius 2 is 1.95 bits per heavy atom. The minimum Gasteiger partial charge on any atom is -0.444 e. The fourth-order valence-corrected chi connectivity index (χ4v) is 1.93. The molecule has 0 fully saturated rings. The van der Waals surface area contributed by atoms with Crippen molar-refractivity contribution >= 4 is 23.4 Å². The predicted octanol–water partition coefficient (Wildman–Crippen LogP) is 4.21. The monoisotopic (exact) mass is 334 g/mol. The number of amides is 1. The van der Waals surface area contributed by atoms with Gasteiger partial charge in [0.15, 0.2) is 0 Å². The van der Waals surface area contributed by atoms with Gasteiger partial charge in [-0.15, -0.1) is 0 Å². The molecular weight excluding hydrogens is 314 g/mol. The highest BCUT2D eigenvalue weighted by atomic mass is 35.5. The average Bonchev–Trinajstić information content (AvgIpc) is 2.29. The van der Waals surface area contributed by atoms with Crippen LogP contribution in [0.15, 0.2) is 18.2 Å². The Balaban J connectivity index is 2.99. The summed E-state index contributed by atoms with van der Waals surface area (Å²) in [4.78, 5) is 11.8. The van der Waals surface area contributed by atoms with E-state index >= 15 is 0 Å². The summed E-state index contributed by atoms with van der Waals surface area (Å²) < 4.78 is 31.0. The Morgan fingerprint density at radius 3 is 2.45 bits per heavy atom. The van der Waals surface area contributed by atoms with Crippen molar-refractivity contribution in [2.75, 3.05) is 5.32 Å². The fourth-order valence-electron chi connectivity index (χ4n) is 1.73. The average molecular weight is 335 g/mol. The number of alkyl halides is 2. The molecule has 7 heteroatoms. The van der Waals surface area contributed by atoms with Gasteiger partial charge in [-0.2, -0.15) is 0 Å². The molecule has 22 heavy (non-hydrogen) atoms. The highest BCUT2D eigenvalue weighted by molar-refractivity contribution is 6.30. The maximum Gasteiger partial charge on any atom is 0.412 e. The molecular formula is C15H21ClF2N2O2. The number of benzene rings is 1. The van der Waals surface area contributed by atoms with Crippen LogP contribution in [0.1, 0.15) is 33.3 Å². The van der Waals surface area contributed by atoms with E-state index in [-0.39, 0.29) is 6.42 Å². The van der Waals surface area contributed by atoms with E-state index in [1.165, 1.54) is 19.1 Å². The summed E-state index contributed by atoms with van der Waals surface area (Å²) in [6.45, 7) is 6.42. The highest BCUT2D eigenvalue weighted by Crippen LogP contribution is 2.27. The van der Waals surface area contributed by atoms with Gasteiger partial charge in [-0.25, -0.2) is 13.6 Å². The molecule has 1 unspecified atom stereocenters. The normalized spacial score (nSPS) is 14.6. The Morgan fingerprint density at radius 1 is 1.36 bits per heavy atom. The lowest BCUT2D eigenvalue weighted by molar-refractivity contribution is 0.0631. The zero-order valence-electron chi connectivity index (χ0n) is 13.0. The van der Waals surface area contributed by atoms with Gasteiger partial charge in [0.05, 0.1) is 5.54 Å². The van der Waals surface area contributed by atoms with Crippen molar-refractivity contribution in [3.63, 3.8) is 0 Å². The van der Waals surface area contributed by atoms with Gasteiger partial charge >= 0.3 is 6.09 Å². The molecule has 0 saturated carbocycles. The number of rotatable bonds is 4. The first kappa shape index (κ1) is 18.6. The predicted molar refractivity (Wildman–Crippen MR) is 83.6 cm³/mol. The molecule has 1 atom stereocenters. The lowest BCUT2D eigenvalue weighted by atomic mass is 9.93. The standard InChI is InChI=1S/C15H21ClF2N2O2/c1-14(2,3)22-13(21)20-11-6-5-10(16)7-9(11)8-15(4,19)12(17)18/h5-7,12H,8,19H2,1-4H3,(H,20,21). The molecule has 1 aromatic rings. The lowest BCUT2D eigenvalue weighted by Crippen LogP contribution is -2.46. The number of nitrogens with one attached hydrogen (secondary N) is 1. The Hall–Kier alpha value is -1.40. The SMILES string of the molecule is CC(C)(C)OC(=O)Nc1ccc(Cl)cc1CC(C)(N)C(F)F. The van der Waals surface area contributed by atoms with Crippen LogP contribution in [0.4, 0.5) is 19.3 Å². The van der Waals surface area contributed by atoms with Crippen molar-refractivity contribution in [3.05, 3.63) is 28.8 Å². The van der Waals surface area contributed by atoms with Gasteiger partial charge in [-0.05, 0) is 57.9 Å². The third kappa shape index (κ3) is 5.77. The summed E-state index contributed by atoms with van der Waals surface area (Å²) >= 11 is 5.90. The molecule has 1 rings (SSSR count). The van der Waals surface area contributed by atoms with Crippen LogP contribution in [0.5, 0.6) is 0 Å². The highest BCUT2D eigenvalue weighted by Gasteiger charge is 2.31. The van der Waals surface area contributed by atoms with Crippen molar-refractivity contribution in [2.24, 2.45) is 5.73 Å². The summed E-state index contributed by atoms with van der Waals surface area (Å²) in [5, 5.41) is 2.91. The third-order valence-corrected chi connectivity index (χ3v) is 3.01. The van der Waals surface area contributed by atoms with E-state index in [9.17, 15) is 13.6 Å². The van der Waals surface area contributed by atoms with Gasteiger partial charge in [-0.1, -0.05) is 11.6 Å². The van der Waals surface area contributed by atoms with E-state index in [0.717, 1.165) is 0 Å². The summed E-state index contributed by atoms with van der Waals surface area (Å²) in [6, 6.07) is 4.58. The van der Waals surface area contributed by atoms with Gasteiger partial charge < -0.3 is 10.5 Å². The quantitative estimate of drug-likeness (QED) is 0.866. The molecule has 1 amide bonds. The maximum absolute atomic E-state index is 12.9. The fraction of sp³-hybridized carbons (Fsp3) is 0.533. The molecule has 0 aliphatic rings. The van der Waals surface area contributed by atoms with Crippen molar-refractivity contribution in [1.29, 1.82) is 0 Å². The van der Waals surface area contributed by atoms with E-state index in [1.54, 1.807) is 26.8 Å². The van der Waals surface area contributed by atoms with Crippen molar-refractivity contribution < 1.29 is 18.3 Å². The first-order valence-electron chi connectivity index (χ1n) is 6.76. The second-order valence-electron chi connectivity index (χ2n) is 6.41.